The summed E-state index contributed by atoms with van der Waals surface area (Å²) in [6.07, 6.45) is 5.48. The molecule has 40 heavy (non-hydrogen) atoms. The number of fused-ring (bicyclic) bond motifs is 1. The fourth-order valence-corrected chi connectivity index (χ4v) is 5.21. The van der Waals surface area contributed by atoms with Gasteiger partial charge in [-0.15, -0.1) is 0 Å². The van der Waals surface area contributed by atoms with Crippen LogP contribution in [0, 0.1) is 18.8 Å². The molecular formula is C31H43N5O4. The number of rotatable bonds is 10. The first-order chi connectivity index (χ1) is 19.1. The molecule has 1 aromatic heterocycles. The molecule has 2 aliphatic rings. The number of carbonyl (C=O) groups is 2. The second-order valence-electron chi connectivity index (χ2n) is 12.0. The lowest BCUT2D eigenvalue weighted by atomic mass is 9.81. The van der Waals surface area contributed by atoms with Crippen LogP contribution < -0.4 is 10.3 Å². The molecule has 2 aromatic rings. The molecule has 2 heterocycles. The van der Waals surface area contributed by atoms with E-state index < -0.39 is 5.60 Å². The number of hydrogen-bond acceptors (Lipinski definition) is 9. The molecule has 0 amide bonds. The van der Waals surface area contributed by atoms with Crippen LogP contribution in [-0.4, -0.2) is 59.8 Å². The van der Waals surface area contributed by atoms with Gasteiger partial charge >= 0.3 is 5.97 Å². The number of carbonyl (C=O) groups excluding carboxylic acids is 2. The molecule has 1 aliphatic heterocycles. The predicted octanol–water partition coefficient (Wildman–Crippen LogP) is 4.89. The number of aryl methyl sites for hydroxylation is 2. The Kier molecular flexibility index (Phi) is 9.90. The Labute approximate surface area is 237 Å². The van der Waals surface area contributed by atoms with Crippen molar-refractivity contribution in [1.82, 2.24) is 9.97 Å². The molecule has 1 aromatic carbocycles. The first-order valence-electron chi connectivity index (χ1n) is 14.4. The van der Waals surface area contributed by atoms with Crippen molar-refractivity contribution in [2.45, 2.75) is 78.7 Å². The van der Waals surface area contributed by atoms with Gasteiger partial charge in [0.05, 0.1) is 25.1 Å². The zero-order chi connectivity index (χ0) is 28.7. The lowest BCUT2D eigenvalue weighted by Gasteiger charge is -2.33. The van der Waals surface area contributed by atoms with E-state index in [-0.39, 0.29) is 30.0 Å². The topological polar surface area (TPSA) is 106 Å². The lowest BCUT2D eigenvalue weighted by Crippen LogP contribution is -2.38. The van der Waals surface area contributed by atoms with E-state index in [4.69, 9.17) is 19.4 Å². The van der Waals surface area contributed by atoms with E-state index >= 15 is 0 Å². The van der Waals surface area contributed by atoms with Gasteiger partial charge in [0.15, 0.2) is 0 Å². The van der Waals surface area contributed by atoms with Crippen LogP contribution in [0.4, 0.5) is 11.8 Å². The SMILES string of the molecule is Cc1cccc(/C=N/Nc2nc3c(c(N4CCOCC4)n2)CC(CC(=O)[C@@H](C)CCC(=O)OC(C)(C)C)CC3)c1. The first-order valence-corrected chi connectivity index (χ1v) is 14.4. The summed E-state index contributed by atoms with van der Waals surface area (Å²) < 4.78 is 11.0. The quantitative estimate of drug-likeness (QED) is 0.254. The number of nitrogens with one attached hydrogen (secondary N) is 1. The predicted molar refractivity (Wildman–Crippen MR) is 157 cm³/mol. The Morgan fingerprint density at radius 3 is 2.75 bits per heavy atom. The minimum Gasteiger partial charge on any atom is -0.460 e. The molecule has 0 bridgehead atoms. The molecule has 1 fully saturated rings. The summed E-state index contributed by atoms with van der Waals surface area (Å²) in [6, 6.07) is 8.13. The van der Waals surface area contributed by atoms with Crippen molar-refractivity contribution in [3.63, 3.8) is 0 Å². The number of morpholine rings is 1. The molecule has 1 unspecified atom stereocenters. The van der Waals surface area contributed by atoms with Gasteiger partial charge in [-0.2, -0.15) is 10.1 Å². The molecule has 1 N–H and O–H groups in total. The molecule has 0 radical (unpaired) electrons. The minimum atomic E-state index is -0.511. The number of esters is 1. The van der Waals surface area contributed by atoms with Gasteiger partial charge in [0.2, 0.25) is 5.95 Å². The van der Waals surface area contributed by atoms with E-state index in [1.807, 2.05) is 39.8 Å². The Balaban J connectivity index is 1.42. The van der Waals surface area contributed by atoms with Gasteiger partial charge in [0.25, 0.3) is 0 Å². The molecule has 1 aliphatic carbocycles. The monoisotopic (exact) mass is 549 g/mol. The Bertz CT molecular complexity index is 1220. The summed E-state index contributed by atoms with van der Waals surface area (Å²) >= 11 is 0. The van der Waals surface area contributed by atoms with Crippen LogP contribution in [0.3, 0.4) is 0 Å². The highest BCUT2D eigenvalue weighted by Gasteiger charge is 2.29. The Morgan fingerprint density at radius 1 is 1.25 bits per heavy atom. The molecular weight excluding hydrogens is 506 g/mol. The first kappa shape index (κ1) is 29.6. The summed E-state index contributed by atoms with van der Waals surface area (Å²) in [4.78, 5) is 37.1. The maximum atomic E-state index is 13.1. The van der Waals surface area contributed by atoms with Gasteiger partial charge in [-0.3, -0.25) is 9.59 Å². The minimum absolute atomic E-state index is 0.179. The van der Waals surface area contributed by atoms with E-state index in [1.165, 1.54) is 5.56 Å². The summed E-state index contributed by atoms with van der Waals surface area (Å²) in [5.41, 5.74) is 6.85. The average molecular weight is 550 g/mol. The van der Waals surface area contributed by atoms with Crippen LogP contribution >= 0.6 is 0 Å². The number of anilines is 2. The van der Waals surface area contributed by atoms with E-state index in [0.29, 0.717) is 32.0 Å². The highest BCUT2D eigenvalue weighted by molar-refractivity contribution is 5.82. The van der Waals surface area contributed by atoms with Gasteiger partial charge in [0.1, 0.15) is 17.2 Å². The standard InChI is InChI=1S/C31H43N5O4/c1-21-7-6-8-24(17-21)20-32-35-30-33-26-11-10-23(18-25(26)29(34-30)36-13-15-39-16-14-36)19-27(37)22(2)9-12-28(38)40-31(3,4)5/h6-8,17,20,22-23H,9-16,18-19H2,1-5H3,(H,33,34,35)/b32-20+/t22-,23?/m0/s1. The maximum Gasteiger partial charge on any atom is 0.306 e. The fraction of sp³-hybridized carbons (Fsp3) is 0.581. The fourth-order valence-electron chi connectivity index (χ4n) is 5.21. The Morgan fingerprint density at radius 2 is 2.02 bits per heavy atom. The van der Waals surface area contributed by atoms with E-state index in [1.54, 1.807) is 6.21 Å². The highest BCUT2D eigenvalue weighted by atomic mass is 16.6. The van der Waals surface area contributed by atoms with Crippen LogP contribution in [0.1, 0.15) is 75.8 Å². The summed E-state index contributed by atoms with van der Waals surface area (Å²) in [6.45, 7) is 12.4. The van der Waals surface area contributed by atoms with Crippen molar-refractivity contribution in [2.75, 3.05) is 36.6 Å². The smallest absolute Gasteiger partial charge is 0.306 e. The summed E-state index contributed by atoms with van der Waals surface area (Å²) in [5, 5.41) is 4.39. The van der Waals surface area contributed by atoms with Gasteiger partial charge in [-0.1, -0.05) is 36.8 Å². The largest absolute Gasteiger partial charge is 0.460 e. The lowest BCUT2D eigenvalue weighted by molar-refractivity contribution is -0.155. The number of hydrogen-bond donors (Lipinski definition) is 1. The third-order valence-corrected chi connectivity index (χ3v) is 7.33. The number of nitrogens with zero attached hydrogens (tertiary/aromatic N) is 4. The van der Waals surface area contributed by atoms with Gasteiger partial charge in [-0.25, -0.2) is 10.4 Å². The van der Waals surface area contributed by atoms with Crippen LogP contribution in [0.25, 0.3) is 0 Å². The maximum absolute atomic E-state index is 13.1. The summed E-state index contributed by atoms with van der Waals surface area (Å²) in [5.74, 6) is 1.40. The molecule has 0 saturated carbocycles. The van der Waals surface area contributed by atoms with Crippen LogP contribution in [0.5, 0.6) is 0 Å². The molecule has 4 rings (SSSR count). The second-order valence-corrected chi connectivity index (χ2v) is 12.0. The zero-order valence-corrected chi connectivity index (χ0v) is 24.5. The van der Waals surface area contributed by atoms with Crippen molar-refractivity contribution in [1.29, 1.82) is 0 Å². The van der Waals surface area contributed by atoms with E-state index in [0.717, 1.165) is 55.0 Å². The van der Waals surface area contributed by atoms with Crippen molar-refractivity contribution in [3.05, 3.63) is 46.6 Å². The van der Waals surface area contributed by atoms with E-state index in [2.05, 4.69) is 34.5 Å². The van der Waals surface area contributed by atoms with Crippen molar-refractivity contribution in [2.24, 2.45) is 16.9 Å². The van der Waals surface area contributed by atoms with E-state index in [9.17, 15) is 9.59 Å². The molecule has 9 nitrogen and oxygen atoms in total. The average Bonchev–Trinajstić information content (AvgIpc) is 2.91. The molecule has 216 valence electrons. The van der Waals surface area contributed by atoms with Gasteiger partial charge in [-0.05, 0) is 64.9 Å². The van der Waals surface area contributed by atoms with Crippen LogP contribution in [0.15, 0.2) is 29.4 Å². The van der Waals surface area contributed by atoms with Crippen molar-refractivity contribution in [3.8, 4) is 0 Å². The third-order valence-electron chi connectivity index (χ3n) is 7.33. The number of ketones is 1. The van der Waals surface area contributed by atoms with Crippen LogP contribution in [0.2, 0.25) is 0 Å². The third kappa shape index (κ3) is 8.58. The number of benzene rings is 1. The highest BCUT2D eigenvalue weighted by Crippen LogP contribution is 2.34. The Hall–Kier alpha value is -3.33. The summed E-state index contributed by atoms with van der Waals surface area (Å²) in [7, 11) is 0. The van der Waals surface area contributed by atoms with Crippen molar-refractivity contribution >= 4 is 29.7 Å². The molecule has 9 heteroatoms. The zero-order valence-electron chi connectivity index (χ0n) is 24.5. The van der Waals surface area contributed by atoms with Gasteiger partial charge < -0.3 is 14.4 Å². The second kappa shape index (κ2) is 13.4. The number of aromatic nitrogens is 2. The normalized spacial score (nSPS) is 18.3. The number of ether oxygens (including phenoxy) is 2. The molecule has 1 saturated heterocycles. The molecule has 0 spiro atoms. The molecule has 2 atom stereocenters. The van der Waals surface area contributed by atoms with Crippen molar-refractivity contribution < 1.29 is 19.1 Å². The van der Waals surface area contributed by atoms with Crippen LogP contribution in [-0.2, 0) is 31.9 Å². The number of Topliss-reactive ketones (excluding diaryl/α,β-unsaturated/α-hetero) is 1. The number of hydrazone groups is 1. The van der Waals surface area contributed by atoms with Gasteiger partial charge in [0, 0.05) is 37.4 Å².